The van der Waals surface area contributed by atoms with Gasteiger partial charge in [-0.2, -0.15) is 0 Å². The zero-order valence-electron chi connectivity index (χ0n) is 14.7. The van der Waals surface area contributed by atoms with E-state index < -0.39 is 44.3 Å². The number of hydrogen-bond donors (Lipinski definition) is 1. The minimum absolute atomic E-state index is 0.0700. The Hall–Kier alpha value is -1.53. The molecule has 1 aromatic heterocycles. The standard InChI is InChI=1S/C16H14Cl2F3NO5S2/c1-2-3-4-12(23)26-14-10(29(22,24)25)6-5-9(27-16(19,20)21)13(14)8-7-11(17)28-15(8)18/h5-7H,2-4H2,1H3,(H2,22,24,25). The predicted octanol–water partition coefficient (Wildman–Crippen LogP) is 5.36. The molecule has 0 amide bonds. The molecule has 0 aliphatic heterocycles. The second-order valence-electron chi connectivity index (χ2n) is 5.67. The Morgan fingerprint density at radius 3 is 2.41 bits per heavy atom. The molecule has 0 bridgehead atoms. The highest BCUT2D eigenvalue weighted by Crippen LogP contribution is 2.49. The maximum absolute atomic E-state index is 12.9. The fourth-order valence-corrected chi connectivity index (χ4v) is 4.47. The summed E-state index contributed by atoms with van der Waals surface area (Å²) in [5.74, 6) is -2.41. The van der Waals surface area contributed by atoms with E-state index in [2.05, 4.69) is 4.74 Å². The van der Waals surface area contributed by atoms with Crippen LogP contribution in [0.3, 0.4) is 0 Å². The van der Waals surface area contributed by atoms with Crippen molar-refractivity contribution in [2.45, 2.75) is 37.4 Å². The molecule has 2 rings (SSSR count). The average Bonchev–Trinajstić information content (AvgIpc) is 2.88. The van der Waals surface area contributed by atoms with Crippen molar-refractivity contribution in [3.05, 3.63) is 26.9 Å². The minimum atomic E-state index is -5.12. The molecule has 1 aromatic carbocycles. The summed E-state index contributed by atoms with van der Waals surface area (Å²) < 4.78 is 71.9. The van der Waals surface area contributed by atoms with Crippen molar-refractivity contribution in [2.75, 3.05) is 0 Å². The van der Waals surface area contributed by atoms with Crippen LogP contribution >= 0.6 is 34.5 Å². The molecule has 0 unspecified atom stereocenters. The van der Waals surface area contributed by atoms with Gasteiger partial charge in [-0.1, -0.05) is 36.5 Å². The van der Waals surface area contributed by atoms with Gasteiger partial charge in [-0.25, -0.2) is 13.6 Å². The topological polar surface area (TPSA) is 95.7 Å². The molecule has 2 aromatic rings. The van der Waals surface area contributed by atoms with Gasteiger partial charge in [-0.05, 0) is 24.6 Å². The number of benzene rings is 1. The van der Waals surface area contributed by atoms with Gasteiger partial charge in [0.1, 0.15) is 15.0 Å². The molecule has 1 heterocycles. The van der Waals surface area contributed by atoms with Gasteiger partial charge in [-0.3, -0.25) is 4.79 Å². The Labute approximate surface area is 178 Å². The number of carbonyl (C=O) groups excluding carboxylic acids is 1. The summed E-state index contributed by atoms with van der Waals surface area (Å²) in [6, 6.07) is 2.70. The van der Waals surface area contributed by atoms with Crippen LogP contribution in [0.5, 0.6) is 11.5 Å². The number of unbranched alkanes of at least 4 members (excludes halogenated alkanes) is 1. The predicted molar refractivity (Wildman–Crippen MR) is 103 cm³/mol. The van der Waals surface area contributed by atoms with E-state index >= 15 is 0 Å². The molecule has 0 aliphatic rings. The van der Waals surface area contributed by atoms with Crippen molar-refractivity contribution in [2.24, 2.45) is 5.14 Å². The van der Waals surface area contributed by atoms with Crippen molar-refractivity contribution in [1.29, 1.82) is 0 Å². The van der Waals surface area contributed by atoms with Crippen LogP contribution in [0.1, 0.15) is 26.2 Å². The van der Waals surface area contributed by atoms with Crippen LogP contribution in [0.25, 0.3) is 11.1 Å². The SMILES string of the molecule is CCCCC(=O)Oc1c(S(N)(=O)=O)ccc(OC(F)(F)F)c1-c1cc(Cl)sc1Cl. The van der Waals surface area contributed by atoms with Crippen molar-refractivity contribution < 1.29 is 35.9 Å². The number of thiophene rings is 1. The van der Waals surface area contributed by atoms with Crippen molar-refractivity contribution in [3.8, 4) is 22.6 Å². The maximum atomic E-state index is 12.9. The number of esters is 1. The summed E-state index contributed by atoms with van der Waals surface area (Å²) in [4.78, 5) is 11.4. The molecule has 29 heavy (non-hydrogen) atoms. The highest BCUT2D eigenvalue weighted by Gasteiger charge is 2.35. The molecular weight excluding hydrogens is 478 g/mol. The van der Waals surface area contributed by atoms with Crippen molar-refractivity contribution in [3.63, 3.8) is 0 Å². The summed E-state index contributed by atoms with van der Waals surface area (Å²) in [5, 5.41) is 5.16. The largest absolute Gasteiger partial charge is 0.573 e. The third-order valence-corrected chi connectivity index (χ3v) is 5.91. The number of sulfonamides is 1. The second kappa shape index (κ2) is 9.09. The number of ether oxygens (including phenoxy) is 2. The fraction of sp³-hybridized carbons (Fsp3) is 0.312. The van der Waals surface area contributed by atoms with Gasteiger partial charge in [-0.15, -0.1) is 24.5 Å². The van der Waals surface area contributed by atoms with Crippen LogP contribution < -0.4 is 14.6 Å². The number of hydrogen-bond acceptors (Lipinski definition) is 6. The number of rotatable bonds is 7. The molecule has 6 nitrogen and oxygen atoms in total. The number of primary sulfonamides is 1. The first-order chi connectivity index (χ1) is 13.3. The first-order valence-electron chi connectivity index (χ1n) is 7.95. The lowest BCUT2D eigenvalue weighted by Crippen LogP contribution is -2.20. The molecule has 0 saturated heterocycles. The number of alkyl halides is 3. The van der Waals surface area contributed by atoms with Gasteiger partial charge in [0.25, 0.3) is 0 Å². The fourth-order valence-electron chi connectivity index (χ4n) is 2.33. The van der Waals surface area contributed by atoms with E-state index in [1.165, 1.54) is 6.07 Å². The van der Waals surface area contributed by atoms with Crippen LogP contribution in [-0.4, -0.2) is 20.7 Å². The van der Waals surface area contributed by atoms with E-state index in [-0.39, 0.29) is 20.7 Å². The maximum Gasteiger partial charge on any atom is 0.573 e. The molecule has 0 aliphatic carbocycles. The molecule has 0 spiro atoms. The van der Waals surface area contributed by atoms with Gasteiger partial charge in [0.05, 0.1) is 9.90 Å². The van der Waals surface area contributed by atoms with Crippen LogP contribution in [0.2, 0.25) is 8.67 Å². The van der Waals surface area contributed by atoms with Gasteiger partial charge in [0.2, 0.25) is 10.0 Å². The number of carbonyl (C=O) groups is 1. The molecule has 13 heteroatoms. The van der Waals surface area contributed by atoms with Crippen molar-refractivity contribution >= 4 is 50.5 Å². The minimum Gasteiger partial charge on any atom is -0.424 e. The Bertz CT molecular complexity index is 1020. The molecule has 0 saturated carbocycles. The molecule has 0 radical (unpaired) electrons. The quantitative estimate of drug-likeness (QED) is 0.415. The highest BCUT2D eigenvalue weighted by molar-refractivity contribution is 7.89. The Kier molecular flexibility index (Phi) is 7.44. The van der Waals surface area contributed by atoms with Crippen molar-refractivity contribution in [1.82, 2.24) is 0 Å². The summed E-state index contributed by atoms with van der Waals surface area (Å²) in [7, 11) is -4.48. The second-order valence-corrected chi connectivity index (χ2v) is 9.49. The zero-order chi connectivity index (χ0) is 22.0. The molecular formula is C16H14Cl2F3NO5S2. The van der Waals surface area contributed by atoms with Crippen LogP contribution in [0, 0.1) is 0 Å². The lowest BCUT2D eigenvalue weighted by molar-refractivity contribution is -0.274. The highest BCUT2D eigenvalue weighted by atomic mass is 35.5. The van der Waals surface area contributed by atoms with E-state index in [9.17, 15) is 26.4 Å². The van der Waals surface area contributed by atoms with Crippen LogP contribution in [-0.2, 0) is 14.8 Å². The van der Waals surface area contributed by atoms with E-state index in [0.717, 1.165) is 23.5 Å². The lowest BCUT2D eigenvalue weighted by Gasteiger charge is -2.18. The molecule has 160 valence electrons. The third kappa shape index (κ3) is 6.22. The van der Waals surface area contributed by atoms with Gasteiger partial charge >= 0.3 is 12.3 Å². The normalized spacial score (nSPS) is 12.1. The smallest absolute Gasteiger partial charge is 0.424 e. The van der Waals surface area contributed by atoms with Gasteiger partial charge < -0.3 is 9.47 Å². The summed E-state index contributed by atoms with van der Waals surface area (Å²) in [5.41, 5.74) is -0.614. The van der Waals surface area contributed by atoms with Crippen LogP contribution in [0.15, 0.2) is 23.1 Å². The summed E-state index contributed by atoms with van der Waals surface area (Å²) in [6.07, 6.45) is -4.16. The zero-order valence-corrected chi connectivity index (χ0v) is 17.8. The first kappa shape index (κ1) is 23.7. The Morgan fingerprint density at radius 1 is 1.28 bits per heavy atom. The van der Waals surface area contributed by atoms with E-state index in [1.54, 1.807) is 6.92 Å². The van der Waals surface area contributed by atoms with E-state index in [4.69, 9.17) is 33.1 Å². The van der Waals surface area contributed by atoms with E-state index in [1.807, 2.05) is 0 Å². The first-order valence-corrected chi connectivity index (χ1v) is 11.1. The lowest BCUT2D eigenvalue weighted by atomic mass is 10.1. The van der Waals surface area contributed by atoms with Crippen LogP contribution in [0.4, 0.5) is 13.2 Å². The van der Waals surface area contributed by atoms with Gasteiger partial charge in [0, 0.05) is 12.0 Å². The molecule has 0 atom stereocenters. The third-order valence-electron chi connectivity index (χ3n) is 3.49. The average molecular weight is 492 g/mol. The summed E-state index contributed by atoms with van der Waals surface area (Å²) >= 11 is 12.8. The molecule has 0 fully saturated rings. The number of nitrogens with two attached hydrogens (primary N) is 1. The Morgan fingerprint density at radius 2 is 1.93 bits per heavy atom. The Balaban J connectivity index is 2.81. The monoisotopic (exact) mass is 491 g/mol. The molecule has 2 N–H and O–H groups in total. The van der Waals surface area contributed by atoms with Gasteiger partial charge in [0.15, 0.2) is 5.75 Å². The number of halogens is 5. The van der Waals surface area contributed by atoms with E-state index in [0.29, 0.717) is 12.8 Å². The summed E-state index contributed by atoms with van der Waals surface area (Å²) in [6.45, 7) is 1.80.